The van der Waals surface area contributed by atoms with Crippen molar-refractivity contribution in [2.75, 3.05) is 11.9 Å². The molecule has 0 saturated heterocycles. The summed E-state index contributed by atoms with van der Waals surface area (Å²) >= 11 is 0. The molecule has 0 spiro atoms. The van der Waals surface area contributed by atoms with Crippen LogP contribution in [0.15, 0.2) is 48.5 Å². The van der Waals surface area contributed by atoms with E-state index in [2.05, 4.69) is 10.6 Å². The number of esters is 1. The largest absolute Gasteiger partial charge is 0.466 e. The first-order valence-electron chi connectivity index (χ1n) is 10.00. The molecule has 0 fully saturated rings. The summed E-state index contributed by atoms with van der Waals surface area (Å²) in [6.45, 7) is 3.08. The topological polar surface area (TPSA) is 171 Å². The normalized spacial score (nSPS) is 12.2. The van der Waals surface area contributed by atoms with Crippen molar-refractivity contribution in [2.24, 2.45) is 5.73 Å². The van der Waals surface area contributed by atoms with Gasteiger partial charge in [0.15, 0.2) is 0 Å². The molecule has 3 amide bonds. The highest BCUT2D eigenvalue weighted by molar-refractivity contribution is 5.98. The number of anilines is 1. The molecule has 0 aliphatic carbocycles. The van der Waals surface area contributed by atoms with E-state index in [1.54, 1.807) is 6.92 Å². The van der Waals surface area contributed by atoms with Crippen LogP contribution in [0.4, 0.5) is 11.4 Å². The molecule has 4 N–H and O–H groups in total. The molecular formula is C22H24N4O7. The summed E-state index contributed by atoms with van der Waals surface area (Å²) in [7, 11) is 0. The van der Waals surface area contributed by atoms with Gasteiger partial charge in [0.1, 0.15) is 6.04 Å². The van der Waals surface area contributed by atoms with Gasteiger partial charge in [-0.05, 0) is 36.8 Å². The third kappa shape index (κ3) is 7.13. The van der Waals surface area contributed by atoms with Gasteiger partial charge in [0.2, 0.25) is 11.8 Å². The van der Waals surface area contributed by atoms with Crippen LogP contribution in [-0.4, -0.2) is 41.3 Å². The molecular weight excluding hydrogens is 432 g/mol. The first-order chi connectivity index (χ1) is 15.6. The van der Waals surface area contributed by atoms with Gasteiger partial charge in [-0.3, -0.25) is 29.3 Å². The highest BCUT2D eigenvalue weighted by atomic mass is 16.6. The third-order valence-electron chi connectivity index (χ3n) is 4.69. The van der Waals surface area contributed by atoms with Crippen LogP contribution in [0.5, 0.6) is 0 Å². The summed E-state index contributed by atoms with van der Waals surface area (Å²) in [5.41, 5.74) is 6.43. The lowest BCUT2D eigenvalue weighted by Crippen LogP contribution is -2.48. The van der Waals surface area contributed by atoms with E-state index in [0.29, 0.717) is 11.3 Å². The van der Waals surface area contributed by atoms with Crippen molar-refractivity contribution in [3.63, 3.8) is 0 Å². The number of non-ortho nitro benzene ring substituents is 1. The van der Waals surface area contributed by atoms with Gasteiger partial charge in [0.05, 0.1) is 18.0 Å². The SMILES string of the molecule is CCOC(=O)C[C@H](c1ccc([N+](=O)[O-])cc1)[C@@H](NC(=O)c1ccc(NC(C)=O)cc1)C(N)=O. The summed E-state index contributed by atoms with van der Waals surface area (Å²) in [4.78, 5) is 58.7. The Morgan fingerprint density at radius 3 is 2.15 bits per heavy atom. The van der Waals surface area contributed by atoms with Crippen LogP contribution in [0.2, 0.25) is 0 Å². The second kappa shape index (κ2) is 11.4. The molecule has 0 unspecified atom stereocenters. The van der Waals surface area contributed by atoms with E-state index < -0.39 is 34.7 Å². The fourth-order valence-corrected chi connectivity index (χ4v) is 3.17. The molecule has 0 radical (unpaired) electrons. The van der Waals surface area contributed by atoms with E-state index >= 15 is 0 Å². The summed E-state index contributed by atoms with van der Waals surface area (Å²) < 4.78 is 4.97. The lowest BCUT2D eigenvalue weighted by atomic mass is 9.87. The van der Waals surface area contributed by atoms with Crippen LogP contribution >= 0.6 is 0 Å². The summed E-state index contributed by atoms with van der Waals surface area (Å²) in [5, 5.41) is 16.1. The first kappa shape index (κ1) is 25.0. The highest BCUT2D eigenvalue weighted by Crippen LogP contribution is 2.27. The first-order valence-corrected chi connectivity index (χ1v) is 10.00. The quantitative estimate of drug-likeness (QED) is 0.278. The van der Waals surface area contributed by atoms with E-state index in [9.17, 15) is 29.3 Å². The third-order valence-corrected chi connectivity index (χ3v) is 4.69. The standard InChI is InChI=1S/C22H24N4O7/c1-3-33-19(28)12-18(14-6-10-17(11-7-14)26(31)32)20(21(23)29)25-22(30)15-4-8-16(9-5-15)24-13(2)27/h4-11,18,20H,3,12H2,1-2H3,(H2,23,29)(H,24,27)(H,25,30)/t18-,20-/m1/s1. The Kier molecular flexibility index (Phi) is 8.61. The van der Waals surface area contributed by atoms with Crippen LogP contribution in [0, 0.1) is 10.1 Å². The Balaban J connectivity index is 2.32. The van der Waals surface area contributed by atoms with Crippen LogP contribution in [-0.2, 0) is 19.1 Å². The molecule has 11 nitrogen and oxygen atoms in total. The number of nitro groups is 1. The Hall–Kier alpha value is -4.28. The predicted octanol–water partition coefficient (Wildman–Crippen LogP) is 1.87. The van der Waals surface area contributed by atoms with E-state index in [4.69, 9.17) is 10.5 Å². The van der Waals surface area contributed by atoms with Crippen molar-refractivity contribution in [3.8, 4) is 0 Å². The highest BCUT2D eigenvalue weighted by Gasteiger charge is 2.32. The van der Waals surface area contributed by atoms with Crippen LogP contribution in [0.1, 0.15) is 42.1 Å². The van der Waals surface area contributed by atoms with Crippen LogP contribution < -0.4 is 16.4 Å². The van der Waals surface area contributed by atoms with E-state index in [-0.39, 0.29) is 30.2 Å². The van der Waals surface area contributed by atoms with Crippen molar-refractivity contribution in [3.05, 3.63) is 69.8 Å². The molecule has 11 heteroatoms. The van der Waals surface area contributed by atoms with Crippen LogP contribution in [0.3, 0.4) is 0 Å². The number of amides is 3. The van der Waals surface area contributed by atoms with Gasteiger partial charge in [-0.2, -0.15) is 0 Å². The fourth-order valence-electron chi connectivity index (χ4n) is 3.17. The zero-order valence-electron chi connectivity index (χ0n) is 18.1. The number of nitrogens with zero attached hydrogens (tertiary/aromatic N) is 1. The van der Waals surface area contributed by atoms with Gasteiger partial charge >= 0.3 is 5.97 Å². The number of nitrogens with one attached hydrogen (secondary N) is 2. The molecule has 2 aromatic carbocycles. The second-order valence-electron chi connectivity index (χ2n) is 7.08. The minimum atomic E-state index is -1.31. The van der Waals surface area contributed by atoms with Gasteiger partial charge in [-0.1, -0.05) is 12.1 Å². The zero-order valence-corrected chi connectivity index (χ0v) is 18.1. The van der Waals surface area contributed by atoms with Gasteiger partial charge in [0.25, 0.3) is 11.6 Å². The number of hydrogen-bond acceptors (Lipinski definition) is 7. The zero-order chi connectivity index (χ0) is 24.5. The number of benzene rings is 2. The number of carbonyl (C=O) groups is 4. The van der Waals surface area contributed by atoms with E-state index in [0.717, 1.165) is 0 Å². The summed E-state index contributed by atoms with van der Waals surface area (Å²) in [5.74, 6) is -3.35. The molecule has 0 bridgehead atoms. The molecule has 0 aliphatic rings. The number of hydrogen-bond donors (Lipinski definition) is 3. The van der Waals surface area contributed by atoms with Gasteiger partial charge < -0.3 is 21.1 Å². The lowest BCUT2D eigenvalue weighted by molar-refractivity contribution is -0.384. The van der Waals surface area contributed by atoms with Gasteiger partial charge in [-0.25, -0.2) is 0 Å². The fraction of sp³-hybridized carbons (Fsp3) is 0.273. The van der Waals surface area contributed by atoms with Crippen molar-refractivity contribution in [1.82, 2.24) is 5.32 Å². The van der Waals surface area contributed by atoms with Gasteiger partial charge in [-0.15, -0.1) is 0 Å². The smallest absolute Gasteiger partial charge is 0.306 e. The Morgan fingerprint density at radius 2 is 1.67 bits per heavy atom. The number of primary amides is 1. The van der Waals surface area contributed by atoms with Crippen molar-refractivity contribution >= 4 is 35.1 Å². The maximum atomic E-state index is 12.8. The maximum Gasteiger partial charge on any atom is 0.306 e. The minimum Gasteiger partial charge on any atom is -0.466 e. The summed E-state index contributed by atoms with van der Waals surface area (Å²) in [6, 6.07) is 9.87. The summed E-state index contributed by atoms with van der Waals surface area (Å²) in [6.07, 6.45) is -0.291. The molecule has 2 rings (SSSR count). The molecule has 0 aliphatic heterocycles. The molecule has 174 valence electrons. The molecule has 0 saturated carbocycles. The Labute approximate surface area is 189 Å². The predicted molar refractivity (Wildman–Crippen MR) is 118 cm³/mol. The van der Waals surface area contributed by atoms with Crippen molar-refractivity contribution < 1.29 is 28.8 Å². The number of ether oxygens (including phenoxy) is 1. The lowest BCUT2D eigenvalue weighted by Gasteiger charge is -2.25. The number of rotatable bonds is 10. The monoisotopic (exact) mass is 456 g/mol. The number of nitro benzene ring substituents is 1. The molecule has 2 atom stereocenters. The minimum absolute atomic E-state index is 0.111. The van der Waals surface area contributed by atoms with E-state index in [1.807, 2.05) is 0 Å². The van der Waals surface area contributed by atoms with Crippen molar-refractivity contribution in [1.29, 1.82) is 0 Å². The maximum absolute atomic E-state index is 12.8. The second-order valence-corrected chi connectivity index (χ2v) is 7.08. The average molecular weight is 456 g/mol. The molecule has 0 heterocycles. The molecule has 33 heavy (non-hydrogen) atoms. The number of nitrogens with two attached hydrogens (primary N) is 1. The molecule has 0 aromatic heterocycles. The Bertz CT molecular complexity index is 1040. The number of carbonyl (C=O) groups excluding carboxylic acids is 4. The van der Waals surface area contributed by atoms with E-state index in [1.165, 1.54) is 55.5 Å². The van der Waals surface area contributed by atoms with Gasteiger partial charge in [0, 0.05) is 36.2 Å². The van der Waals surface area contributed by atoms with Crippen molar-refractivity contribution in [2.45, 2.75) is 32.2 Å². The average Bonchev–Trinajstić information content (AvgIpc) is 2.76. The van der Waals surface area contributed by atoms with Crippen LogP contribution in [0.25, 0.3) is 0 Å². The Morgan fingerprint density at radius 1 is 1.06 bits per heavy atom. The molecule has 2 aromatic rings.